The summed E-state index contributed by atoms with van der Waals surface area (Å²) in [6, 6.07) is 20.4. The van der Waals surface area contributed by atoms with Crippen LogP contribution in [0.5, 0.6) is 0 Å². The van der Waals surface area contributed by atoms with E-state index >= 15 is 4.79 Å². The van der Waals surface area contributed by atoms with Crippen LogP contribution in [0.3, 0.4) is 0 Å². The average molecular weight is 1010 g/mol. The first kappa shape index (κ1) is 55.7. The fourth-order valence-corrected chi connectivity index (χ4v) is 10.4. The number of fused-ring (bicyclic) bond motifs is 7. The predicted octanol–water partition coefficient (Wildman–Crippen LogP) is 5.36. The number of quaternary nitrogens is 1. The van der Waals surface area contributed by atoms with Gasteiger partial charge in [0.1, 0.15) is 45.9 Å². The molecule has 1 heterocycles. The van der Waals surface area contributed by atoms with E-state index in [2.05, 4.69) is 31.9 Å². The normalized spacial score (nSPS) is 20.3. The summed E-state index contributed by atoms with van der Waals surface area (Å²) in [5.74, 6) is -4.32. The second kappa shape index (κ2) is 20.0. The van der Waals surface area contributed by atoms with Gasteiger partial charge in [0.05, 0.1) is 11.1 Å². The standard InChI is InChI=1S/C56H75N7O10/c1-32(43(64)57-34(3)45(66)72-50(4,5)6)58-48(69)56(30-52(10,11)63(71)53(12,13)31-56)61-46(67)54(14,15)60-44(65)33(2)59-47(68)55(62-49(70)73-51(7,8)9)28-37-26-24-35-20-16-18-22-39(35)41(37)42-38(29-55)27-25-36-21-17-19-23-40(36)42/h16-27,32-34,63H,28-31H2,1-15H3,(H,57,64)(H,58,69)(H,59,68)(H,60,65)(H,61,67)(H,62,70)/t32-,33-,34-/m0/s1. The molecule has 3 atom stereocenters. The zero-order chi connectivity index (χ0) is 54.4. The molecule has 6 rings (SSSR count). The molecule has 73 heavy (non-hydrogen) atoms. The van der Waals surface area contributed by atoms with Gasteiger partial charge in [-0.3, -0.25) is 24.0 Å². The molecule has 0 unspecified atom stereocenters. The quantitative estimate of drug-likeness (QED) is 0.0709. The first-order valence-corrected chi connectivity index (χ1v) is 25.0. The molecule has 0 radical (unpaired) electrons. The van der Waals surface area contributed by atoms with Gasteiger partial charge in [-0.1, -0.05) is 72.8 Å². The minimum atomic E-state index is -1.77. The lowest BCUT2D eigenvalue weighted by Gasteiger charge is -2.58. The third-order valence-electron chi connectivity index (χ3n) is 13.5. The third kappa shape index (κ3) is 12.3. The highest BCUT2D eigenvalue weighted by Crippen LogP contribution is 2.44. The topological polar surface area (TPSA) is 238 Å². The van der Waals surface area contributed by atoms with Crippen LogP contribution in [-0.4, -0.2) is 98.6 Å². The summed E-state index contributed by atoms with van der Waals surface area (Å²) >= 11 is 0. The monoisotopic (exact) mass is 1010 g/mol. The number of esters is 1. The van der Waals surface area contributed by atoms with Crippen LogP contribution < -0.4 is 37.0 Å². The number of carbonyl (C=O) groups excluding carboxylic acids is 7. The van der Waals surface area contributed by atoms with Crippen molar-refractivity contribution in [3.63, 3.8) is 0 Å². The highest BCUT2D eigenvalue weighted by atomic mass is 16.6. The fraction of sp³-hybridized carbons (Fsp3) is 0.518. The van der Waals surface area contributed by atoms with E-state index in [1.54, 1.807) is 69.2 Å². The summed E-state index contributed by atoms with van der Waals surface area (Å²) in [4.78, 5) is 98.6. The molecule has 17 heteroatoms. The molecule has 2 aliphatic rings. The number of hydrogen-bond donors (Lipinski definition) is 7. The van der Waals surface area contributed by atoms with Crippen LogP contribution in [-0.2, 0) is 51.1 Å². The van der Waals surface area contributed by atoms with Crippen LogP contribution in [0, 0.1) is 5.21 Å². The van der Waals surface area contributed by atoms with Gasteiger partial charge in [0.15, 0.2) is 0 Å². The van der Waals surface area contributed by atoms with E-state index in [4.69, 9.17) is 9.47 Å². The Morgan fingerprint density at radius 3 is 1.47 bits per heavy atom. The molecular formula is C56H75N7O10. The number of hydrogen-bond acceptors (Lipinski definition) is 10. The maximum Gasteiger partial charge on any atom is 0.408 e. The molecule has 1 fully saturated rings. The first-order valence-electron chi connectivity index (χ1n) is 25.0. The van der Waals surface area contributed by atoms with Gasteiger partial charge in [-0.15, -0.1) is 0 Å². The van der Waals surface area contributed by atoms with Gasteiger partial charge in [0.2, 0.25) is 29.5 Å². The molecule has 0 spiro atoms. The lowest BCUT2D eigenvalue weighted by Crippen LogP contribution is -3.24. The summed E-state index contributed by atoms with van der Waals surface area (Å²) in [6.07, 6.45) is -1.09. The van der Waals surface area contributed by atoms with Crippen LogP contribution >= 0.6 is 0 Å². The van der Waals surface area contributed by atoms with Crippen molar-refractivity contribution in [3.05, 3.63) is 89.1 Å². The van der Waals surface area contributed by atoms with Crippen molar-refractivity contribution in [1.29, 1.82) is 0 Å². The van der Waals surface area contributed by atoms with Crippen molar-refractivity contribution in [1.82, 2.24) is 31.9 Å². The molecule has 1 aliphatic heterocycles. The summed E-state index contributed by atoms with van der Waals surface area (Å²) in [5.41, 5.74) is -5.75. The van der Waals surface area contributed by atoms with Gasteiger partial charge in [0, 0.05) is 25.7 Å². The molecule has 7 N–H and O–H groups in total. The van der Waals surface area contributed by atoms with Crippen molar-refractivity contribution in [3.8, 4) is 11.1 Å². The molecular weight excluding hydrogens is 931 g/mol. The number of rotatable bonds is 12. The molecule has 17 nitrogen and oxygen atoms in total. The van der Waals surface area contributed by atoms with Gasteiger partial charge >= 0.3 is 12.1 Å². The zero-order valence-corrected chi connectivity index (χ0v) is 45.1. The predicted molar refractivity (Wildman–Crippen MR) is 280 cm³/mol. The van der Waals surface area contributed by atoms with Crippen molar-refractivity contribution in [2.45, 2.75) is 187 Å². The Morgan fingerprint density at radius 1 is 0.562 bits per heavy atom. The molecule has 394 valence electrons. The molecule has 4 aromatic rings. The van der Waals surface area contributed by atoms with E-state index in [-0.39, 0.29) is 30.7 Å². The van der Waals surface area contributed by atoms with Gasteiger partial charge in [-0.25, -0.2) is 9.59 Å². The van der Waals surface area contributed by atoms with Crippen LogP contribution in [0.2, 0.25) is 0 Å². The number of nitrogens with one attached hydrogen (secondary N) is 7. The zero-order valence-electron chi connectivity index (χ0n) is 45.1. The number of amides is 6. The van der Waals surface area contributed by atoms with E-state index < -0.39 is 98.6 Å². The molecule has 0 aromatic heterocycles. The van der Waals surface area contributed by atoms with Gasteiger partial charge in [-0.2, -0.15) is 0 Å². The van der Waals surface area contributed by atoms with Gasteiger partial charge in [0.25, 0.3) is 0 Å². The summed E-state index contributed by atoms with van der Waals surface area (Å²) in [6.45, 7) is 24.2. The van der Waals surface area contributed by atoms with Gasteiger partial charge < -0.3 is 51.6 Å². The highest BCUT2D eigenvalue weighted by molar-refractivity contribution is 6.09. The van der Waals surface area contributed by atoms with E-state index in [0.717, 1.165) is 43.8 Å². The summed E-state index contributed by atoms with van der Waals surface area (Å²) in [5, 5.41) is 34.2. The lowest BCUT2D eigenvalue weighted by atomic mass is 9.69. The molecule has 0 bridgehead atoms. The molecule has 1 aliphatic carbocycles. The van der Waals surface area contributed by atoms with Crippen LogP contribution in [0.25, 0.3) is 32.7 Å². The number of carbonyl (C=O) groups is 7. The van der Waals surface area contributed by atoms with Gasteiger partial charge in [-0.05, 0) is 148 Å². The SMILES string of the molecule is C[C@H](NC(=O)C1(NC(=O)OC(C)(C)C)Cc2ccc3ccccc3c2-c2c(ccc3ccccc23)C1)C(=O)NC(C)(C)C(=O)NC1(C(=O)N[C@@H](C)C(=O)N[C@@H](C)C(=O)OC(C)(C)C)CC(C)(C)[NH+]([O-])C(C)(C)C1. The lowest BCUT2D eigenvalue weighted by molar-refractivity contribution is -0.956. The Kier molecular flexibility index (Phi) is 15.3. The average Bonchev–Trinajstić information content (AvgIpc) is 3.41. The second-order valence-corrected chi connectivity index (χ2v) is 24.0. The van der Waals surface area contributed by atoms with Crippen LogP contribution in [0.1, 0.15) is 128 Å². The number of piperidine rings is 1. The Hall–Kier alpha value is -6.59. The summed E-state index contributed by atoms with van der Waals surface area (Å²) < 4.78 is 11.2. The van der Waals surface area contributed by atoms with Crippen LogP contribution in [0.15, 0.2) is 72.8 Å². The Bertz CT molecular complexity index is 2740. The smallest absolute Gasteiger partial charge is 0.408 e. The minimum Gasteiger partial charge on any atom is -0.634 e. The van der Waals surface area contributed by atoms with Crippen molar-refractivity contribution < 1.29 is 48.1 Å². The Balaban J connectivity index is 1.28. The molecule has 6 amide bonds. The molecule has 4 aromatic carbocycles. The number of benzene rings is 4. The summed E-state index contributed by atoms with van der Waals surface area (Å²) in [7, 11) is 0. The molecule has 1 saturated heterocycles. The van der Waals surface area contributed by atoms with Crippen molar-refractivity contribution >= 4 is 63.1 Å². The second-order valence-electron chi connectivity index (χ2n) is 24.0. The molecule has 0 saturated carbocycles. The van der Waals surface area contributed by atoms with Crippen LogP contribution in [0.4, 0.5) is 4.79 Å². The van der Waals surface area contributed by atoms with E-state index in [0.29, 0.717) is 0 Å². The third-order valence-corrected chi connectivity index (χ3v) is 13.5. The largest absolute Gasteiger partial charge is 0.634 e. The fourth-order valence-electron chi connectivity index (χ4n) is 10.4. The van der Waals surface area contributed by atoms with Crippen molar-refractivity contribution in [2.75, 3.05) is 0 Å². The number of ether oxygens (including phenoxy) is 2. The number of alkyl carbamates (subject to hydrolysis) is 1. The van der Waals surface area contributed by atoms with E-state index in [1.807, 2.05) is 72.8 Å². The van der Waals surface area contributed by atoms with E-state index in [9.17, 15) is 34.0 Å². The van der Waals surface area contributed by atoms with E-state index in [1.165, 1.54) is 34.6 Å². The number of hydroxylamine groups is 2. The van der Waals surface area contributed by atoms with Crippen molar-refractivity contribution in [2.24, 2.45) is 0 Å². The maximum atomic E-state index is 15.2. The first-order chi connectivity index (χ1) is 33.6. The minimum absolute atomic E-state index is 0.0197. The highest BCUT2D eigenvalue weighted by Gasteiger charge is 2.58. The Morgan fingerprint density at radius 2 is 1.00 bits per heavy atom. The Labute approximate surface area is 428 Å². The maximum absolute atomic E-state index is 15.2.